The van der Waals surface area contributed by atoms with Crippen LogP contribution in [0.5, 0.6) is 0 Å². The summed E-state index contributed by atoms with van der Waals surface area (Å²) >= 11 is 0. The van der Waals surface area contributed by atoms with Crippen molar-refractivity contribution in [2.24, 2.45) is 5.73 Å². The van der Waals surface area contributed by atoms with Gasteiger partial charge in [-0.15, -0.1) is 12.4 Å². The molecule has 0 bridgehead atoms. The van der Waals surface area contributed by atoms with Gasteiger partial charge in [0.2, 0.25) is 11.8 Å². The Morgan fingerprint density at radius 2 is 1.78 bits per heavy atom. The van der Waals surface area contributed by atoms with E-state index in [1.165, 1.54) is 0 Å². The molecule has 3 N–H and O–H groups in total. The number of hydrogen-bond donors (Lipinski definition) is 2. The molecule has 0 heterocycles. The maximum absolute atomic E-state index is 11.6. The van der Waals surface area contributed by atoms with Crippen molar-refractivity contribution < 1.29 is 9.59 Å². The van der Waals surface area contributed by atoms with Crippen LogP contribution < -0.4 is 11.1 Å². The lowest BCUT2D eigenvalue weighted by Gasteiger charge is -2.18. The van der Waals surface area contributed by atoms with E-state index >= 15 is 0 Å². The molecule has 108 valence electrons. The van der Waals surface area contributed by atoms with Crippen LogP contribution in [0.2, 0.25) is 0 Å². The van der Waals surface area contributed by atoms with Gasteiger partial charge < -0.3 is 16.0 Å². The molecule has 0 radical (unpaired) electrons. The number of nitrogens with one attached hydrogen (secondary N) is 1. The van der Waals surface area contributed by atoms with E-state index in [0.717, 1.165) is 6.42 Å². The summed E-state index contributed by atoms with van der Waals surface area (Å²) in [5.74, 6) is -0.0384. The van der Waals surface area contributed by atoms with E-state index in [1.807, 2.05) is 20.8 Å². The molecule has 1 atom stereocenters. The normalized spacial score (nSPS) is 11.3. The first-order valence-corrected chi connectivity index (χ1v) is 6.31. The third-order valence-corrected chi connectivity index (χ3v) is 2.60. The minimum atomic E-state index is -0.0776. The molecule has 2 amide bonds. The summed E-state index contributed by atoms with van der Waals surface area (Å²) in [6.07, 6.45) is 1.30. The Morgan fingerprint density at radius 1 is 1.22 bits per heavy atom. The molecule has 6 heteroatoms. The first-order chi connectivity index (χ1) is 8.01. The fraction of sp³-hybridized carbons (Fsp3) is 0.833. The third kappa shape index (κ3) is 9.24. The second-order valence-electron chi connectivity index (χ2n) is 4.18. The quantitative estimate of drug-likeness (QED) is 0.693. The molecule has 5 nitrogen and oxygen atoms in total. The number of rotatable bonds is 8. The average molecular weight is 280 g/mol. The van der Waals surface area contributed by atoms with Gasteiger partial charge in [-0.2, -0.15) is 0 Å². The molecule has 0 aliphatic heterocycles. The molecule has 0 aromatic carbocycles. The smallest absolute Gasteiger partial charge is 0.223 e. The Kier molecular flexibility index (Phi) is 12.2. The van der Waals surface area contributed by atoms with Gasteiger partial charge >= 0.3 is 0 Å². The van der Waals surface area contributed by atoms with Crippen LogP contribution in [0.25, 0.3) is 0 Å². The van der Waals surface area contributed by atoms with Crippen molar-refractivity contribution in [1.82, 2.24) is 10.2 Å². The van der Waals surface area contributed by atoms with E-state index in [1.54, 1.807) is 4.90 Å². The number of amides is 2. The number of carbonyl (C=O) groups excluding carboxylic acids is 2. The number of hydrogen-bond acceptors (Lipinski definition) is 3. The predicted octanol–water partition coefficient (Wildman–Crippen LogP) is 0.910. The van der Waals surface area contributed by atoms with E-state index in [9.17, 15) is 9.59 Å². The molecular weight excluding hydrogens is 254 g/mol. The predicted molar refractivity (Wildman–Crippen MR) is 75.7 cm³/mol. The van der Waals surface area contributed by atoms with Gasteiger partial charge in [-0.05, 0) is 27.2 Å². The second kappa shape index (κ2) is 11.3. The molecule has 0 rings (SSSR count). The molecule has 0 saturated carbocycles. The van der Waals surface area contributed by atoms with Gasteiger partial charge in [0.25, 0.3) is 0 Å². The largest absolute Gasteiger partial charge is 0.356 e. The van der Waals surface area contributed by atoms with E-state index in [-0.39, 0.29) is 43.1 Å². The molecule has 0 fully saturated rings. The summed E-state index contributed by atoms with van der Waals surface area (Å²) in [4.78, 5) is 24.8. The summed E-state index contributed by atoms with van der Waals surface area (Å²) < 4.78 is 0. The van der Waals surface area contributed by atoms with Crippen molar-refractivity contribution in [2.75, 3.05) is 19.6 Å². The fourth-order valence-electron chi connectivity index (χ4n) is 1.48. The minimum Gasteiger partial charge on any atom is -0.356 e. The second-order valence-corrected chi connectivity index (χ2v) is 4.18. The Bertz CT molecular complexity index is 243. The number of carbonyl (C=O) groups is 2. The van der Waals surface area contributed by atoms with Crippen LogP contribution in [0.1, 0.15) is 40.0 Å². The van der Waals surface area contributed by atoms with Crippen molar-refractivity contribution in [1.29, 1.82) is 0 Å². The minimum absolute atomic E-state index is 0. The van der Waals surface area contributed by atoms with Crippen LogP contribution in [0, 0.1) is 0 Å². The Balaban J connectivity index is 0. The number of nitrogens with zero attached hydrogens (tertiary/aromatic N) is 1. The van der Waals surface area contributed by atoms with Gasteiger partial charge in [0.1, 0.15) is 0 Å². The van der Waals surface area contributed by atoms with Gasteiger partial charge in [0.05, 0.1) is 0 Å². The Labute approximate surface area is 116 Å². The molecule has 1 unspecified atom stereocenters. The van der Waals surface area contributed by atoms with Gasteiger partial charge in [-0.1, -0.05) is 0 Å². The van der Waals surface area contributed by atoms with Gasteiger partial charge in [0, 0.05) is 38.5 Å². The maximum atomic E-state index is 11.6. The topological polar surface area (TPSA) is 75.4 Å². The zero-order chi connectivity index (χ0) is 13.3. The molecule has 0 aliphatic rings. The van der Waals surface area contributed by atoms with Gasteiger partial charge in [0.15, 0.2) is 0 Å². The Morgan fingerprint density at radius 3 is 2.22 bits per heavy atom. The molecule has 18 heavy (non-hydrogen) atoms. The monoisotopic (exact) mass is 279 g/mol. The molecule has 0 spiro atoms. The fourth-order valence-corrected chi connectivity index (χ4v) is 1.48. The molecule has 0 aromatic rings. The molecule has 0 saturated heterocycles. The summed E-state index contributed by atoms with van der Waals surface area (Å²) in [6.45, 7) is 7.74. The van der Waals surface area contributed by atoms with Crippen LogP contribution in [0.3, 0.4) is 0 Å². The molecular formula is C12H26ClN3O2. The summed E-state index contributed by atoms with van der Waals surface area (Å²) in [7, 11) is 0. The lowest BCUT2D eigenvalue weighted by atomic mass is 10.2. The third-order valence-electron chi connectivity index (χ3n) is 2.60. The summed E-state index contributed by atoms with van der Waals surface area (Å²) in [6, 6.07) is 0.0904. The first kappa shape index (κ1) is 19.5. The van der Waals surface area contributed by atoms with Crippen LogP contribution >= 0.6 is 12.4 Å². The van der Waals surface area contributed by atoms with Crippen LogP contribution in [-0.2, 0) is 9.59 Å². The van der Waals surface area contributed by atoms with E-state index in [2.05, 4.69) is 5.32 Å². The highest BCUT2D eigenvalue weighted by Gasteiger charge is 2.11. The van der Waals surface area contributed by atoms with Crippen LogP contribution in [-0.4, -0.2) is 42.4 Å². The lowest BCUT2D eigenvalue weighted by molar-refractivity contribution is -0.133. The highest BCUT2D eigenvalue weighted by molar-refractivity contribution is 5.85. The first-order valence-electron chi connectivity index (χ1n) is 6.31. The van der Waals surface area contributed by atoms with Crippen molar-refractivity contribution in [2.45, 2.75) is 46.1 Å². The summed E-state index contributed by atoms with van der Waals surface area (Å²) in [5.41, 5.74) is 5.56. The maximum Gasteiger partial charge on any atom is 0.223 e. The highest BCUT2D eigenvalue weighted by Crippen LogP contribution is 1.98. The van der Waals surface area contributed by atoms with Crippen molar-refractivity contribution in [3.8, 4) is 0 Å². The summed E-state index contributed by atoms with van der Waals surface area (Å²) in [5, 5.41) is 2.75. The molecule has 0 aliphatic carbocycles. The van der Waals surface area contributed by atoms with Gasteiger partial charge in [-0.25, -0.2) is 0 Å². The lowest BCUT2D eigenvalue weighted by Crippen LogP contribution is -2.33. The zero-order valence-corrected chi connectivity index (χ0v) is 12.4. The SMILES string of the molecule is CCN(CC)C(=O)CCC(=O)NCCC(C)N.Cl. The van der Waals surface area contributed by atoms with E-state index < -0.39 is 0 Å². The molecule has 0 aromatic heterocycles. The average Bonchev–Trinajstić information content (AvgIpc) is 2.27. The highest BCUT2D eigenvalue weighted by atomic mass is 35.5. The van der Waals surface area contributed by atoms with Crippen molar-refractivity contribution in [3.63, 3.8) is 0 Å². The zero-order valence-electron chi connectivity index (χ0n) is 11.6. The Hall–Kier alpha value is -0.810. The standard InChI is InChI=1S/C12H25N3O2.ClH/c1-4-15(5-2)12(17)7-6-11(16)14-9-8-10(3)13;/h10H,4-9,13H2,1-3H3,(H,14,16);1H. The van der Waals surface area contributed by atoms with E-state index in [4.69, 9.17) is 5.73 Å². The number of nitrogens with two attached hydrogens (primary N) is 1. The van der Waals surface area contributed by atoms with E-state index in [0.29, 0.717) is 19.6 Å². The van der Waals surface area contributed by atoms with Crippen molar-refractivity contribution in [3.05, 3.63) is 0 Å². The van der Waals surface area contributed by atoms with Crippen LogP contribution in [0.15, 0.2) is 0 Å². The van der Waals surface area contributed by atoms with Crippen LogP contribution in [0.4, 0.5) is 0 Å². The van der Waals surface area contributed by atoms with Crippen molar-refractivity contribution >= 4 is 24.2 Å². The van der Waals surface area contributed by atoms with Gasteiger partial charge in [-0.3, -0.25) is 9.59 Å². The number of halogens is 1.